The molecule has 242 valence electrons. The number of anilines is 1. The first-order valence-corrected chi connectivity index (χ1v) is 17.1. The van der Waals surface area contributed by atoms with Crippen molar-refractivity contribution in [3.05, 3.63) is 129 Å². The molecule has 0 bridgehead atoms. The molecule has 0 fully saturated rings. The van der Waals surface area contributed by atoms with Gasteiger partial charge in [-0.25, -0.2) is 8.42 Å². The molecule has 0 aliphatic carbocycles. The fraction of sp³-hybridized carbons (Fsp3) is 0.278. The third-order valence-corrected chi connectivity index (χ3v) is 9.98. The second-order valence-corrected chi connectivity index (χ2v) is 15.0. The van der Waals surface area contributed by atoms with Crippen LogP contribution in [-0.2, 0) is 32.6 Å². The van der Waals surface area contributed by atoms with E-state index in [0.717, 1.165) is 26.6 Å². The zero-order chi connectivity index (χ0) is 33.6. The summed E-state index contributed by atoms with van der Waals surface area (Å²) in [5.41, 5.74) is 3.09. The molecule has 1 N–H and O–H groups in total. The summed E-state index contributed by atoms with van der Waals surface area (Å²) in [4.78, 5) is 30.1. The lowest BCUT2D eigenvalue weighted by Crippen LogP contribution is -2.56. The number of hydrogen-bond donors (Lipinski definition) is 1. The number of carbonyl (C=O) groups is 2. The fourth-order valence-electron chi connectivity index (χ4n) is 4.98. The van der Waals surface area contributed by atoms with Crippen LogP contribution in [0.1, 0.15) is 43.0 Å². The van der Waals surface area contributed by atoms with Gasteiger partial charge in [0.2, 0.25) is 11.8 Å². The first kappa shape index (κ1) is 35.0. The standard InChI is InChI=1S/C36H39Cl2N3O4S/c1-25-15-18-30(19-16-25)46(44,45)41(29-17-20-31(37)32(38)22-29)24-34(42)40(23-28-14-10-9-11-26(28)2)33(35(43)39-36(3,4)5)21-27-12-7-6-8-13-27/h6-20,22,33H,21,23-24H2,1-5H3,(H,39,43)/t33-/m1/s1. The van der Waals surface area contributed by atoms with Gasteiger partial charge in [-0.2, -0.15) is 0 Å². The van der Waals surface area contributed by atoms with E-state index in [-0.39, 0.29) is 39.5 Å². The van der Waals surface area contributed by atoms with E-state index in [4.69, 9.17) is 23.2 Å². The molecular weight excluding hydrogens is 641 g/mol. The van der Waals surface area contributed by atoms with Crippen molar-refractivity contribution in [1.29, 1.82) is 0 Å². The average molecular weight is 681 g/mol. The zero-order valence-corrected chi connectivity index (χ0v) is 29.0. The minimum absolute atomic E-state index is 0.00809. The molecule has 7 nitrogen and oxygen atoms in total. The Kier molecular flexibility index (Phi) is 11.2. The Bertz CT molecular complexity index is 1790. The maximum atomic E-state index is 14.6. The lowest BCUT2D eigenvalue weighted by molar-refractivity contribution is -0.140. The predicted molar refractivity (Wildman–Crippen MR) is 186 cm³/mol. The zero-order valence-electron chi connectivity index (χ0n) is 26.6. The van der Waals surface area contributed by atoms with Crippen LogP contribution in [0.15, 0.2) is 102 Å². The van der Waals surface area contributed by atoms with E-state index in [9.17, 15) is 18.0 Å². The number of aryl methyl sites for hydroxylation is 2. The van der Waals surface area contributed by atoms with Gasteiger partial charge in [0.05, 0.1) is 20.6 Å². The quantitative estimate of drug-likeness (QED) is 0.179. The SMILES string of the molecule is Cc1ccc(S(=O)(=O)N(CC(=O)N(Cc2ccccc2C)[C@H](Cc2ccccc2)C(=O)NC(C)(C)C)c2ccc(Cl)c(Cl)c2)cc1. The molecule has 0 unspecified atom stereocenters. The minimum Gasteiger partial charge on any atom is -0.350 e. The number of nitrogens with one attached hydrogen (secondary N) is 1. The van der Waals surface area contributed by atoms with Crippen LogP contribution in [0.25, 0.3) is 0 Å². The van der Waals surface area contributed by atoms with Gasteiger partial charge in [0.15, 0.2) is 0 Å². The molecule has 1 atom stereocenters. The molecule has 4 aromatic carbocycles. The Morgan fingerprint density at radius 3 is 2.07 bits per heavy atom. The summed E-state index contributed by atoms with van der Waals surface area (Å²) in [5.74, 6) is -0.907. The van der Waals surface area contributed by atoms with Gasteiger partial charge in [-0.1, -0.05) is 95.5 Å². The van der Waals surface area contributed by atoms with E-state index in [0.29, 0.717) is 0 Å². The van der Waals surface area contributed by atoms with Crippen molar-refractivity contribution < 1.29 is 18.0 Å². The maximum absolute atomic E-state index is 14.6. The van der Waals surface area contributed by atoms with E-state index in [1.165, 1.54) is 35.2 Å². The first-order chi connectivity index (χ1) is 21.7. The van der Waals surface area contributed by atoms with Gasteiger partial charge in [0.1, 0.15) is 12.6 Å². The number of sulfonamides is 1. The van der Waals surface area contributed by atoms with E-state index >= 15 is 0 Å². The molecule has 0 aromatic heterocycles. The van der Waals surface area contributed by atoms with Crippen LogP contribution >= 0.6 is 23.2 Å². The highest BCUT2D eigenvalue weighted by atomic mass is 35.5. The van der Waals surface area contributed by atoms with E-state index in [1.807, 2.05) is 89.2 Å². The summed E-state index contributed by atoms with van der Waals surface area (Å²) in [6.45, 7) is 8.90. The van der Waals surface area contributed by atoms with Gasteiger partial charge >= 0.3 is 0 Å². The van der Waals surface area contributed by atoms with Crippen LogP contribution in [0.3, 0.4) is 0 Å². The van der Waals surface area contributed by atoms with Gasteiger partial charge in [-0.05, 0) is 81.6 Å². The third-order valence-electron chi connectivity index (χ3n) is 7.45. The highest BCUT2D eigenvalue weighted by molar-refractivity contribution is 7.92. The molecule has 0 aliphatic heterocycles. The molecule has 0 saturated heterocycles. The first-order valence-electron chi connectivity index (χ1n) is 14.9. The Morgan fingerprint density at radius 2 is 1.46 bits per heavy atom. The molecule has 0 saturated carbocycles. The Hall–Kier alpha value is -3.85. The highest BCUT2D eigenvalue weighted by Gasteiger charge is 2.36. The van der Waals surface area contributed by atoms with Crippen molar-refractivity contribution in [2.24, 2.45) is 0 Å². The second-order valence-electron chi connectivity index (χ2n) is 12.3. The Labute approximate surface area is 282 Å². The van der Waals surface area contributed by atoms with Crippen LogP contribution in [0.2, 0.25) is 10.0 Å². The number of rotatable bonds is 11. The van der Waals surface area contributed by atoms with E-state index < -0.39 is 34.1 Å². The van der Waals surface area contributed by atoms with Crippen LogP contribution in [0.5, 0.6) is 0 Å². The van der Waals surface area contributed by atoms with Gasteiger partial charge in [-0.3, -0.25) is 13.9 Å². The number of amides is 2. The summed E-state index contributed by atoms with van der Waals surface area (Å²) >= 11 is 12.5. The van der Waals surface area contributed by atoms with E-state index in [1.54, 1.807) is 12.1 Å². The van der Waals surface area contributed by atoms with Crippen molar-refractivity contribution in [1.82, 2.24) is 10.2 Å². The molecule has 0 radical (unpaired) electrons. The minimum atomic E-state index is -4.26. The molecule has 10 heteroatoms. The van der Waals surface area contributed by atoms with Gasteiger partial charge in [-0.15, -0.1) is 0 Å². The summed E-state index contributed by atoms with van der Waals surface area (Å²) < 4.78 is 29.4. The lowest BCUT2D eigenvalue weighted by atomic mass is 10.00. The maximum Gasteiger partial charge on any atom is 0.264 e. The van der Waals surface area contributed by atoms with Crippen molar-refractivity contribution in [2.75, 3.05) is 10.8 Å². The Balaban J connectivity index is 1.84. The molecule has 0 spiro atoms. The van der Waals surface area contributed by atoms with Gasteiger partial charge < -0.3 is 10.2 Å². The number of benzene rings is 4. The number of nitrogens with zero attached hydrogens (tertiary/aromatic N) is 2. The largest absolute Gasteiger partial charge is 0.350 e. The third kappa shape index (κ3) is 8.90. The van der Waals surface area contributed by atoms with Crippen molar-refractivity contribution in [3.63, 3.8) is 0 Å². The molecule has 4 rings (SSSR count). The molecule has 0 aliphatic rings. The monoisotopic (exact) mass is 679 g/mol. The summed E-state index contributed by atoms with van der Waals surface area (Å²) in [7, 11) is -4.26. The normalized spacial score (nSPS) is 12.3. The lowest BCUT2D eigenvalue weighted by Gasteiger charge is -2.35. The topological polar surface area (TPSA) is 86.8 Å². The molecule has 46 heavy (non-hydrogen) atoms. The Morgan fingerprint density at radius 1 is 0.826 bits per heavy atom. The van der Waals surface area contributed by atoms with Crippen molar-refractivity contribution >= 4 is 50.7 Å². The molecule has 0 heterocycles. The highest BCUT2D eigenvalue weighted by Crippen LogP contribution is 2.31. The van der Waals surface area contributed by atoms with Crippen molar-refractivity contribution in [2.45, 2.75) is 64.1 Å². The number of carbonyl (C=O) groups excluding carboxylic acids is 2. The van der Waals surface area contributed by atoms with Crippen LogP contribution in [0.4, 0.5) is 5.69 Å². The van der Waals surface area contributed by atoms with E-state index in [2.05, 4.69) is 5.32 Å². The van der Waals surface area contributed by atoms with Gasteiger partial charge in [0.25, 0.3) is 10.0 Å². The molecular formula is C36H39Cl2N3O4S. The molecule has 4 aromatic rings. The smallest absolute Gasteiger partial charge is 0.264 e. The van der Waals surface area contributed by atoms with Crippen LogP contribution in [-0.4, -0.2) is 43.3 Å². The average Bonchev–Trinajstić information content (AvgIpc) is 2.99. The fourth-order valence-corrected chi connectivity index (χ4v) is 6.68. The summed E-state index contributed by atoms with van der Waals surface area (Å²) in [6, 6.07) is 26.9. The second kappa shape index (κ2) is 14.7. The predicted octanol–water partition coefficient (Wildman–Crippen LogP) is 7.36. The molecule has 2 amide bonds. The number of hydrogen-bond acceptors (Lipinski definition) is 4. The van der Waals surface area contributed by atoms with Crippen LogP contribution in [0, 0.1) is 13.8 Å². The summed E-state index contributed by atoms with van der Waals surface area (Å²) in [6.07, 6.45) is 0.220. The van der Waals surface area contributed by atoms with Crippen LogP contribution < -0.4 is 9.62 Å². The number of halogens is 2. The van der Waals surface area contributed by atoms with Crippen molar-refractivity contribution in [3.8, 4) is 0 Å². The van der Waals surface area contributed by atoms with Gasteiger partial charge in [0, 0.05) is 18.5 Å². The summed E-state index contributed by atoms with van der Waals surface area (Å²) in [5, 5.41) is 3.42.